The number of nitrogens with one attached hydrogen (secondary N) is 1. The van der Waals surface area contributed by atoms with E-state index in [-0.39, 0.29) is 30.7 Å². The summed E-state index contributed by atoms with van der Waals surface area (Å²) in [5.74, 6) is -0.208. The van der Waals surface area contributed by atoms with Gasteiger partial charge in [-0.1, -0.05) is 12.1 Å². The highest BCUT2D eigenvalue weighted by atomic mass is 35.5. The number of rotatable bonds is 3. The molecular formula is C18H29Cl2N3O3S. The summed E-state index contributed by atoms with van der Waals surface area (Å²) in [7, 11) is -3.45. The lowest BCUT2D eigenvalue weighted by Gasteiger charge is -2.42. The van der Waals surface area contributed by atoms with Crippen LogP contribution in [0.3, 0.4) is 0 Å². The van der Waals surface area contributed by atoms with Crippen LogP contribution in [-0.2, 0) is 14.6 Å². The van der Waals surface area contributed by atoms with Gasteiger partial charge in [0.1, 0.15) is 0 Å². The molecule has 0 aromatic heterocycles. The van der Waals surface area contributed by atoms with Crippen molar-refractivity contribution in [2.75, 3.05) is 50.4 Å². The van der Waals surface area contributed by atoms with Crippen LogP contribution in [0.1, 0.15) is 18.4 Å². The zero-order valence-corrected chi connectivity index (χ0v) is 18.3. The third-order valence-electron chi connectivity index (χ3n) is 5.44. The SMILES string of the molecule is Cc1cccc(N2CCN(C(=O)C3(S(C)(=O)=O)CCNCC3)CC2)c1.Cl.Cl. The van der Waals surface area contributed by atoms with E-state index in [1.165, 1.54) is 11.8 Å². The third kappa shape index (κ3) is 4.88. The normalized spacial score (nSPS) is 19.6. The maximum atomic E-state index is 13.1. The maximum Gasteiger partial charge on any atom is 0.244 e. The van der Waals surface area contributed by atoms with Crippen LogP contribution in [-0.4, -0.2) is 69.5 Å². The van der Waals surface area contributed by atoms with Crippen molar-refractivity contribution in [3.05, 3.63) is 29.8 Å². The summed E-state index contributed by atoms with van der Waals surface area (Å²) in [6.45, 7) is 5.80. The Morgan fingerprint density at radius 3 is 2.19 bits per heavy atom. The number of piperidine rings is 1. The van der Waals surface area contributed by atoms with Gasteiger partial charge in [0.2, 0.25) is 5.91 Å². The Morgan fingerprint density at radius 1 is 1.07 bits per heavy atom. The Bertz CT molecular complexity index is 744. The van der Waals surface area contributed by atoms with Crippen molar-refractivity contribution in [3.8, 4) is 0 Å². The number of carbonyl (C=O) groups is 1. The molecule has 2 aliphatic heterocycles. The first kappa shape index (κ1) is 24.0. The second-order valence-corrected chi connectivity index (χ2v) is 9.46. The lowest BCUT2D eigenvalue weighted by Crippen LogP contribution is -2.61. The Labute approximate surface area is 174 Å². The molecule has 0 saturated carbocycles. The Balaban J connectivity index is 0.00000182. The molecule has 0 unspecified atom stereocenters. The molecule has 1 aromatic carbocycles. The van der Waals surface area contributed by atoms with Gasteiger partial charge in [0, 0.05) is 38.1 Å². The predicted octanol–water partition coefficient (Wildman–Crippen LogP) is 1.65. The van der Waals surface area contributed by atoms with E-state index in [9.17, 15) is 13.2 Å². The molecule has 1 amide bonds. The van der Waals surface area contributed by atoms with E-state index in [1.54, 1.807) is 4.90 Å². The van der Waals surface area contributed by atoms with Crippen LogP contribution < -0.4 is 10.2 Å². The molecule has 2 heterocycles. The quantitative estimate of drug-likeness (QED) is 0.778. The first-order valence-electron chi connectivity index (χ1n) is 8.85. The Kier molecular flexibility index (Phi) is 8.41. The summed E-state index contributed by atoms with van der Waals surface area (Å²) in [6, 6.07) is 8.32. The van der Waals surface area contributed by atoms with Crippen LogP contribution in [0.2, 0.25) is 0 Å². The molecule has 6 nitrogen and oxygen atoms in total. The molecule has 2 aliphatic rings. The molecule has 1 N–H and O–H groups in total. The number of carbonyl (C=O) groups excluding carboxylic acids is 1. The predicted molar refractivity (Wildman–Crippen MR) is 114 cm³/mol. The first-order valence-corrected chi connectivity index (χ1v) is 10.7. The van der Waals surface area contributed by atoms with E-state index in [2.05, 4.69) is 35.3 Å². The summed E-state index contributed by atoms with van der Waals surface area (Å²) in [5, 5.41) is 3.16. The van der Waals surface area contributed by atoms with Gasteiger partial charge in [-0.25, -0.2) is 8.42 Å². The third-order valence-corrected chi connectivity index (χ3v) is 7.45. The van der Waals surface area contributed by atoms with Gasteiger partial charge < -0.3 is 15.1 Å². The van der Waals surface area contributed by atoms with Gasteiger partial charge in [0.15, 0.2) is 14.6 Å². The smallest absolute Gasteiger partial charge is 0.244 e. The minimum atomic E-state index is -3.45. The highest BCUT2D eigenvalue weighted by molar-refractivity contribution is 7.92. The van der Waals surface area contributed by atoms with Gasteiger partial charge in [0.05, 0.1) is 0 Å². The second kappa shape index (κ2) is 9.45. The zero-order valence-electron chi connectivity index (χ0n) is 15.8. The lowest BCUT2D eigenvalue weighted by molar-refractivity contribution is -0.135. The van der Waals surface area contributed by atoms with Gasteiger partial charge in [-0.15, -0.1) is 24.8 Å². The van der Waals surface area contributed by atoms with Gasteiger partial charge in [-0.2, -0.15) is 0 Å². The molecule has 2 fully saturated rings. The van der Waals surface area contributed by atoms with Crippen LogP contribution in [0.25, 0.3) is 0 Å². The van der Waals surface area contributed by atoms with Crippen molar-refractivity contribution in [2.24, 2.45) is 0 Å². The van der Waals surface area contributed by atoms with Crippen molar-refractivity contribution in [1.82, 2.24) is 10.2 Å². The van der Waals surface area contributed by atoms with Crippen molar-refractivity contribution >= 4 is 46.2 Å². The number of piperazine rings is 1. The van der Waals surface area contributed by atoms with Crippen molar-refractivity contribution in [3.63, 3.8) is 0 Å². The highest BCUT2D eigenvalue weighted by Gasteiger charge is 2.50. The van der Waals surface area contributed by atoms with Gasteiger partial charge >= 0.3 is 0 Å². The van der Waals surface area contributed by atoms with Crippen LogP contribution in [0.5, 0.6) is 0 Å². The van der Waals surface area contributed by atoms with Crippen molar-refractivity contribution in [2.45, 2.75) is 24.5 Å². The average molecular weight is 438 g/mol. The van der Waals surface area contributed by atoms with E-state index in [4.69, 9.17) is 0 Å². The first-order chi connectivity index (χ1) is 11.8. The molecular weight excluding hydrogens is 409 g/mol. The minimum absolute atomic E-state index is 0. The fraction of sp³-hybridized carbons (Fsp3) is 0.611. The molecule has 9 heteroatoms. The number of halogens is 2. The molecule has 2 saturated heterocycles. The number of aryl methyl sites for hydroxylation is 1. The summed E-state index contributed by atoms with van der Waals surface area (Å²) < 4.78 is 23.6. The molecule has 27 heavy (non-hydrogen) atoms. The number of sulfone groups is 1. The van der Waals surface area contributed by atoms with Crippen LogP contribution in [0.15, 0.2) is 24.3 Å². The van der Waals surface area contributed by atoms with Crippen molar-refractivity contribution < 1.29 is 13.2 Å². The van der Waals surface area contributed by atoms with Gasteiger partial charge in [0.25, 0.3) is 0 Å². The Hall–Kier alpha value is -1.02. The lowest BCUT2D eigenvalue weighted by atomic mass is 9.94. The molecule has 0 spiro atoms. The van der Waals surface area contributed by atoms with Gasteiger partial charge in [-0.05, 0) is 50.6 Å². The van der Waals surface area contributed by atoms with Crippen LogP contribution >= 0.6 is 24.8 Å². The monoisotopic (exact) mass is 437 g/mol. The van der Waals surface area contributed by atoms with E-state index in [0.29, 0.717) is 39.0 Å². The van der Waals surface area contributed by atoms with Crippen LogP contribution in [0.4, 0.5) is 5.69 Å². The summed E-state index contributed by atoms with van der Waals surface area (Å²) in [4.78, 5) is 17.1. The number of nitrogens with zero attached hydrogens (tertiary/aromatic N) is 2. The number of hydrogen-bond donors (Lipinski definition) is 1. The topological polar surface area (TPSA) is 69.7 Å². The maximum absolute atomic E-state index is 13.1. The summed E-state index contributed by atoms with van der Waals surface area (Å²) in [6.07, 6.45) is 1.94. The van der Waals surface area contributed by atoms with Crippen molar-refractivity contribution in [1.29, 1.82) is 0 Å². The fourth-order valence-electron chi connectivity index (χ4n) is 3.85. The summed E-state index contributed by atoms with van der Waals surface area (Å²) in [5.41, 5.74) is 2.37. The largest absolute Gasteiger partial charge is 0.368 e. The standard InChI is InChI=1S/C18H27N3O3S.2ClH/c1-15-4-3-5-16(14-15)20-10-12-21(13-11-20)17(22)18(25(2,23)24)6-8-19-9-7-18;;/h3-5,14,19H,6-13H2,1-2H3;2*1H. The minimum Gasteiger partial charge on any atom is -0.368 e. The zero-order chi connectivity index (χ0) is 18.1. The van der Waals surface area contributed by atoms with E-state index in [0.717, 1.165) is 18.8 Å². The average Bonchev–Trinajstić information content (AvgIpc) is 2.61. The van der Waals surface area contributed by atoms with E-state index >= 15 is 0 Å². The van der Waals surface area contributed by atoms with Gasteiger partial charge in [-0.3, -0.25) is 4.79 Å². The van der Waals surface area contributed by atoms with E-state index < -0.39 is 14.6 Å². The molecule has 0 aliphatic carbocycles. The number of anilines is 1. The molecule has 1 aromatic rings. The van der Waals surface area contributed by atoms with Crippen LogP contribution in [0, 0.1) is 6.92 Å². The van der Waals surface area contributed by atoms with E-state index in [1.807, 2.05) is 6.07 Å². The Morgan fingerprint density at radius 2 is 1.67 bits per heavy atom. The molecule has 0 radical (unpaired) electrons. The molecule has 154 valence electrons. The fourth-order valence-corrected chi connectivity index (χ4v) is 5.25. The molecule has 3 rings (SSSR count). The number of amides is 1. The highest BCUT2D eigenvalue weighted by Crippen LogP contribution is 2.31. The molecule has 0 atom stereocenters. The number of hydrogen-bond acceptors (Lipinski definition) is 5. The molecule has 0 bridgehead atoms. The summed E-state index contributed by atoms with van der Waals surface area (Å²) >= 11 is 0. The second-order valence-electron chi connectivity index (χ2n) is 7.13. The number of benzene rings is 1.